The molecule has 0 radical (unpaired) electrons. The number of imide groups is 2. The third kappa shape index (κ3) is 5.20. The molecule has 0 spiro atoms. The summed E-state index contributed by atoms with van der Waals surface area (Å²) in [7, 11) is 0. The number of amides is 4. The molecule has 178 valence electrons. The molecule has 1 saturated heterocycles. The molecule has 0 aliphatic carbocycles. The first-order valence-electron chi connectivity index (χ1n) is 11.0. The highest BCUT2D eigenvalue weighted by Gasteiger charge is 2.37. The Bertz CT molecular complexity index is 1320. The van der Waals surface area contributed by atoms with E-state index in [2.05, 4.69) is 5.32 Å². The molecule has 3 aromatic rings. The van der Waals surface area contributed by atoms with E-state index in [1.54, 1.807) is 43.3 Å². The summed E-state index contributed by atoms with van der Waals surface area (Å²) in [6.45, 7) is 4.24. The van der Waals surface area contributed by atoms with Crippen molar-refractivity contribution in [3.8, 4) is 11.5 Å². The maximum Gasteiger partial charge on any atom is 0.335 e. The topological polar surface area (TPSA) is 84.9 Å². The van der Waals surface area contributed by atoms with Crippen molar-refractivity contribution < 1.29 is 23.9 Å². The van der Waals surface area contributed by atoms with Crippen molar-refractivity contribution in [3.05, 3.63) is 94.0 Å². The second-order valence-electron chi connectivity index (χ2n) is 7.78. The third-order valence-corrected chi connectivity index (χ3v) is 5.61. The Morgan fingerprint density at radius 1 is 0.971 bits per heavy atom. The number of nitrogens with zero attached hydrogens (tertiary/aromatic N) is 1. The van der Waals surface area contributed by atoms with Gasteiger partial charge >= 0.3 is 6.03 Å². The highest BCUT2D eigenvalue weighted by atomic mass is 35.5. The summed E-state index contributed by atoms with van der Waals surface area (Å²) in [5, 5.41) is 2.49. The van der Waals surface area contributed by atoms with Gasteiger partial charge in [0.1, 0.15) is 12.2 Å². The molecule has 3 aromatic carbocycles. The van der Waals surface area contributed by atoms with E-state index in [1.165, 1.54) is 6.08 Å². The smallest absolute Gasteiger partial charge is 0.335 e. The molecule has 4 amide bonds. The summed E-state index contributed by atoms with van der Waals surface area (Å²) < 4.78 is 11.6. The summed E-state index contributed by atoms with van der Waals surface area (Å²) >= 11 is 6.51. The van der Waals surface area contributed by atoms with Gasteiger partial charge in [0, 0.05) is 0 Å². The van der Waals surface area contributed by atoms with Crippen molar-refractivity contribution in [2.24, 2.45) is 0 Å². The summed E-state index contributed by atoms with van der Waals surface area (Å²) in [5.74, 6) is -0.788. The first-order chi connectivity index (χ1) is 16.9. The molecule has 1 aliphatic rings. The number of carbonyl (C=O) groups is 3. The Balaban J connectivity index is 1.68. The highest BCUT2D eigenvalue weighted by Crippen LogP contribution is 2.38. The van der Waals surface area contributed by atoms with Crippen LogP contribution in [0.1, 0.15) is 23.6 Å². The van der Waals surface area contributed by atoms with Gasteiger partial charge in [0.15, 0.2) is 11.5 Å². The van der Waals surface area contributed by atoms with Crippen LogP contribution in [0.3, 0.4) is 0 Å². The Kier molecular flexibility index (Phi) is 7.17. The molecular weight excluding hydrogens is 468 g/mol. The Morgan fingerprint density at radius 2 is 1.69 bits per heavy atom. The maximum atomic E-state index is 13.2. The Morgan fingerprint density at radius 3 is 2.40 bits per heavy atom. The third-order valence-electron chi connectivity index (χ3n) is 5.33. The maximum absolute atomic E-state index is 13.2. The number of anilines is 1. The van der Waals surface area contributed by atoms with Gasteiger partial charge in [-0.25, -0.2) is 9.69 Å². The van der Waals surface area contributed by atoms with E-state index in [0.717, 1.165) is 10.5 Å². The molecule has 35 heavy (non-hydrogen) atoms. The van der Waals surface area contributed by atoms with Gasteiger partial charge in [0.05, 0.1) is 17.3 Å². The molecule has 1 aliphatic heterocycles. The van der Waals surface area contributed by atoms with E-state index >= 15 is 0 Å². The van der Waals surface area contributed by atoms with Gasteiger partial charge in [0.2, 0.25) is 0 Å². The zero-order valence-electron chi connectivity index (χ0n) is 19.2. The monoisotopic (exact) mass is 490 g/mol. The Labute approximate surface area is 207 Å². The van der Waals surface area contributed by atoms with E-state index in [-0.39, 0.29) is 17.2 Å². The number of para-hydroxylation sites is 1. The lowest BCUT2D eigenvalue weighted by molar-refractivity contribution is -0.122. The number of urea groups is 1. The number of nitrogens with one attached hydrogen (secondary N) is 1. The van der Waals surface area contributed by atoms with Gasteiger partial charge in [-0.1, -0.05) is 60.1 Å². The van der Waals surface area contributed by atoms with Gasteiger partial charge in [-0.3, -0.25) is 14.9 Å². The molecule has 4 rings (SSSR count). The summed E-state index contributed by atoms with van der Waals surface area (Å²) in [6.07, 6.45) is 1.38. The predicted molar refractivity (Wildman–Crippen MR) is 134 cm³/mol. The molecule has 1 N–H and O–H groups in total. The van der Waals surface area contributed by atoms with Crippen molar-refractivity contribution in [1.29, 1.82) is 0 Å². The van der Waals surface area contributed by atoms with Crippen LogP contribution in [0.25, 0.3) is 6.08 Å². The van der Waals surface area contributed by atoms with Crippen LogP contribution in [-0.4, -0.2) is 24.5 Å². The molecule has 1 fully saturated rings. The second-order valence-corrected chi connectivity index (χ2v) is 8.19. The van der Waals surface area contributed by atoms with Gasteiger partial charge in [0.25, 0.3) is 11.8 Å². The number of hydrogen-bond donors (Lipinski definition) is 1. The van der Waals surface area contributed by atoms with Crippen LogP contribution in [-0.2, 0) is 16.2 Å². The molecule has 0 unspecified atom stereocenters. The minimum atomic E-state index is -0.802. The van der Waals surface area contributed by atoms with Crippen LogP contribution in [0, 0.1) is 6.92 Å². The average Bonchev–Trinajstić information content (AvgIpc) is 2.83. The van der Waals surface area contributed by atoms with E-state index < -0.39 is 17.8 Å². The van der Waals surface area contributed by atoms with Gasteiger partial charge in [-0.15, -0.1) is 0 Å². The van der Waals surface area contributed by atoms with E-state index in [9.17, 15) is 14.4 Å². The number of benzene rings is 3. The lowest BCUT2D eigenvalue weighted by Crippen LogP contribution is -2.54. The van der Waals surface area contributed by atoms with E-state index in [1.807, 2.05) is 37.3 Å². The molecule has 0 aromatic heterocycles. The zero-order valence-corrected chi connectivity index (χ0v) is 20.0. The van der Waals surface area contributed by atoms with Crippen LogP contribution in [0.2, 0.25) is 5.02 Å². The van der Waals surface area contributed by atoms with E-state index in [4.69, 9.17) is 21.1 Å². The fraction of sp³-hybridized carbons (Fsp3) is 0.148. The van der Waals surface area contributed by atoms with Crippen LogP contribution in [0.4, 0.5) is 10.5 Å². The van der Waals surface area contributed by atoms with Crippen molar-refractivity contribution in [1.82, 2.24) is 5.32 Å². The van der Waals surface area contributed by atoms with Crippen LogP contribution in [0.15, 0.2) is 72.3 Å². The number of rotatable bonds is 7. The zero-order chi connectivity index (χ0) is 24.9. The standard InChI is InChI=1S/C27H23ClN2O5/c1-3-34-23-15-19(14-21(28)24(23)35-16-18-10-5-4-6-11-18)13-20-25(31)29-27(33)30(26(20)32)22-12-8-7-9-17(22)2/h4-15H,3,16H2,1-2H3,(H,29,31,33)/b20-13+. The summed E-state index contributed by atoms with van der Waals surface area (Å²) in [6, 6.07) is 18.9. The van der Waals surface area contributed by atoms with Crippen molar-refractivity contribution in [2.45, 2.75) is 20.5 Å². The molecule has 0 atom stereocenters. The van der Waals surface area contributed by atoms with Gasteiger partial charge in [-0.2, -0.15) is 0 Å². The number of carbonyl (C=O) groups excluding carboxylic acids is 3. The Hall–Kier alpha value is -4.10. The molecule has 7 nitrogen and oxygen atoms in total. The molecule has 1 heterocycles. The molecular formula is C27H23ClN2O5. The lowest BCUT2D eigenvalue weighted by atomic mass is 10.1. The lowest BCUT2D eigenvalue weighted by Gasteiger charge is -2.27. The number of barbiturate groups is 1. The van der Waals surface area contributed by atoms with Crippen LogP contribution < -0.4 is 19.7 Å². The molecule has 8 heteroatoms. The fourth-order valence-corrected chi connectivity index (χ4v) is 3.93. The summed E-state index contributed by atoms with van der Waals surface area (Å²) in [5.41, 5.74) is 2.31. The quantitative estimate of drug-likeness (QED) is 0.359. The number of aryl methyl sites for hydroxylation is 1. The van der Waals surface area contributed by atoms with Gasteiger partial charge in [-0.05, 0) is 54.8 Å². The summed E-state index contributed by atoms with van der Waals surface area (Å²) in [4.78, 5) is 39.2. The predicted octanol–water partition coefficient (Wildman–Crippen LogP) is 5.29. The molecule has 0 bridgehead atoms. The minimum absolute atomic E-state index is 0.204. The fourth-order valence-electron chi connectivity index (χ4n) is 3.66. The normalized spacial score (nSPS) is 14.8. The van der Waals surface area contributed by atoms with Crippen molar-refractivity contribution >= 4 is 41.2 Å². The highest BCUT2D eigenvalue weighted by molar-refractivity contribution is 6.39. The second kappa shape index (κ2) is 10.4. The average molecular weight is 491 g/mol. The SMILES string of the molecule is CCOc1cc(/C=C2\C(=O)NC(=O)N(c3ccccc3C)C2=O)cc(Cl)c1OCc1ccccc1. The van der Waals surface area contributed by atoms with Crippen LogP contribution in [0.5, 0.6) is 11.5 Å². The number of halogens is 1. The van der Waals surface area contributed by atoms with E-state index in [0.29, 0.717) is 34.9 Å². The first kappa shape index (κ1) is 24.0. The number of ether oxygens (including phenoxy) is 2. The minimum Gasteiger partial charge on any atom is -0.490 e. The van der Waals surface area contributed by atoms with Gasteiger partial charge < -0.3 is 9.47 Å². The van der Waals surface area contributed by atoms with Crippen molar-refractivity contribution in [3.63, 3.8) is 0 Å². The molecule has 0 saturated carbocycles. The van der Waals surface area contributed by atoms with Crippen LogP contribution >= 0.6 is 11.6 Å². The number of hydrogen-bond acceptors (Lipinski definition) is 5. The first-order valence-corrected chi connectivity index (χ1v) is 11.4. The van der Waals surface area contributed by atoms with Crippen molar-refractivity contribution in [2.75, 3.05) is 11.5 Å². The largest absolute Gasteiger partial charge is 0.490 e.